The highest BCUT2D eigenvalue weighted by Crippen LogP contribution is 2.23. The second-order valence-corrected chi connectivity index (χ2v) is 9.65. The van der Waals surface area contributed by atoms with Crippen LogP contribution >= 0.6 is 0 Å². The summed E-state index contributed by atoms with van der Waals surface area (Å²) in [7, 11) is 2.22. The number of nitrogens with zero attached hydrogens (tertiary/aromatic N) is 4. The molecule has 0 atom stereocenters. The van der Waals surface area contributed by atoms with E-state index in [0.29, 0.717) is 25.5 Å². The second-order valence-electron chi connectivity index (χ2n) is 9.65. The first-order valence-corrected chi connectivity index (χ1v) is 12.8. The average molecular weight is 454 g/mol. The molecule has 1 aliphatic carbocycles. The summed E-state index contributed by atoms with van der Waals surface area (Å²) in [4.78, 5) is 35.0. The number of hydrogen-bond acceptors (Lipinski definition) is 5. The van der Waals surface area contributed by atoms with Gasteiger partial charge >= 0.3 is 0 Å². The van der Waals surface area contributed by atoms with Crippen molar-refractivity contribution in [3.8, 4) is 0 Å². The highest BCUT2D eigenvalue weighted by Gasteiger charge is 2.27. The Hall–Kier alpha value is -2.41. The molecule has 2 aliphatic rings. The minimum Gasteiger partial charge on any atom is -0.356 e. The van der Waals surface area contributed by atoms with Gasteiger partial charge in [0.25, 0.3) is 5.56 Å². The van der Waals surface area contributed by atoms with Gasteiger partial charge < -0.3 is 19.7 Å². The number of aryl methyl sites for hydroxylation is 1. The topological polar surface area (TPSA) is 70.5 Å². The summed E-state index contributed by atoms with van der Waals surface area (Å²) in [5.41, 5.74) is 1.67. The Morgan fingerprint density at radius 2 is 1.85 bits per heavy atom. The molecule has 1 N–H and O–H groups in total. The molecule has 1 saturated heterocycles. The summed E-state index contributed by atoms with van der Waals surface area (Å²) in [5.74, 6) is 0.693. The molecule has 180 valence electrons. The Labute approximate surface area is 197 Å². The van der Waals surface area contributed by atoms with Crippen molar-refractivity contribution < 1.29 is 4.79 Å². The number of hydrogen-bond donors (Lipinski definition) is 1. The molecule has 1 amide bonds. The van der Waals surface area contributed by atoms with E-state index in [1.54, 1.807) is 4.57 Å². The van der Waals surface area contributed by atoms with Crippen LogP contribution in [0.5, 0.6) is 0 Å². The van der Waals surface area contributed by atoms with Gasteiger partial charge in [-0.3, -0.25) is 9.59 Å². The number of aromatic nitrogens is 2. The van der Waals surface area contributed by atoms with Crippen LogP contribution < -0.4 is 15.8 Å². The third-order valence-corrected chi connectivity index (χ3v) is 7.50. The molecule has 1 aliphatic heterocycles. The third kappa shape index (κ3) is 5.57. The van der Waals surface area contributed by atoms with E-state index in [2.05, 4.69) is 27.1 Å². The van der Waals surface area contributed by atoms with Crippen LogP contribution in [0, 0.1) is 5.92 Å². The van der Waals surface area contributed by atoms with Gasteiger partial charge in [-0.25, -0.2) is 4.98 Å². The molecule has 1 aromatic heterocycles. The number of para-hydroxylation sites is 2. The number of rotatable bonds is 8. The van der Waals surface area contributed by atoms with Gasteiger partial charge in [0.15, 0.2) is 5.82 Å². The lowest BCUT2D eigenvalue weighted by Crippen LogP contribution is -2.43. The normalized spacial score (nSPS) is 18.2. The van der Waals surface area contributed by atoms with E-state index < -0.39 is 0 Å². The Balaban J connectivity index is 1.26. The van der Waals surface area contributed by atoms with E-state index in [4.69, 9.17) is 0 Å². The van der Waals surface area contributed by atoms with Crippen LogP contribution in [-0.2, 0) is 11.3 Å². The maximum Gasteiger partial charge on any atom is 0.293 e. The zero-order valence-electron chi connectivity index (χ0n) is 20.3. The molecule has 0 unspecified atom stereocenters. The molecule has 1 aromatic carbocycles. The number of benzene rings is 1. The van der Waals surface area contributed by atoms with Crippen molar-refractivity contribution in [3.05, 3.63) is 34.6 Å². The molecule has 7 nitrogen and oxygen atoms in total. The zero-order valence-corrected chi connectivity index (χ0v) is 20.3. The van der Waals surface area contributed by atoms with Crippen LogP contribution in [0.1, 0.15) is 58.3 Å². The van der Waals surface area contributed by atoms with E-state index in [0.717, 1.165) is 49.4 Å². The predicted octanol–water partition coefficient (Wildman–Crippen LogP) is 3.40. The van der Waals surface area contributed by atoms with Crippen LogP contribution in [0.15, 0.2) is 29.1 Å². The van der Waals surface area contributed by atoms with Gasteiger partial charge in [0.05, 0.1) is 11.0 Å². The second kappa shape index (κ2) is 11.1. The van der Waals surface area contributed by atoms with Crippen molar-refractivity contribution in [2.75, 3.05) is 38.1 Å². The van der Waals surface area contributed by atoms with Crippen molar-refractivity contribution in [1.29, 1.82) is 0 Å². The quantitative estimate of drug-likeness (QED) is 0.621. The van der Waals surface area contributed by atoms with Gasteiger partial charge in [-0.05, 0) is 64.8 Å². The number of nitrogens with one attached hydrogen (secondary N) is 1. The molecule has 0 bridgehead atoms. The first-order chi connectivity index (χ1) is 16.1. The van der Waals surface area contributed by atoms with E-state index in [1.165, 1.54) is 32.1 Å². The highest BCUT2D eigenvalue weighted by molar-refractivity contribution is 5.79. The molecule has 4 rings (SSSR count). The fourth-order valence-electron chi connectivity index (χ4n) is 5.44. The van der Waals surface area contributed by atoms with E-state index in [1.807, 2.05) is 31.2 Å². The standard InChI is InChI=1S/C26H39N5O2/c1-3-31-23-13-8-7-12-22(23)28-24(26(31)33)30-18-14-20(15-19-30)25(32)27-16-9-17-29(2)21-10-5-4-6-11-21/h7-8,12-13,20-21H,3-6,9-11,14-19H2,1-2H3,(H,27,32). The number of fused-ring (bicyclic) bond motifs is 1. The Morgan fingerprint density at radius 1 is 1.12 bits per heavy atom. The van der Waals surface area contributed by atoms with Crippen molar-refractivity contribution in [2.24, 2.45) is 5.92 Å². The van der Waals surface area contributed by atoms with Gasteiger partial charge in [0.2, 0.25) is 5.91 Å². The Bertz CT molecular complexity index is 990. The van der Waals surface area contributed by atoms with Gasteiger partial charge in [0.1, 0.15) is 0 Å². The number of amides is 1. The highest BCUT2D eigenvalue weighted by atomic mass is 16.2. The van der Waals surface area contributed by atoms with Crippen LogP contribution in [0.4, 0.5) is 5.82 Å². The van der Waals surface area contributed by atoms with Gasteiger partial charge in [-0.2, -0.15) is 0 Å². The molecule has 2 heterocycles. The molecule has 33 heavy (non-hydrogen) atoms. The minimum absolute atomic E-state index is 0.0196. The third-order valence-electron chi connectivity index (χ3n) is 7.50. The summed E-state index contributed by atoms with van der Waals surface area (Å²) in [6, 6.07) is 8.51. The van der Waals surface area contributed by atoms with Crippen LogP contribution in [-0.4, -0.2) is 59.6 Å². The summed E-state index contributed by atoms with van der Waals surface area (Å²) in [5, 5.41) is 3.15. The SMILES string of the molecule is CCn1c(=O)c(N2CCC(C(=O)NCCCN(C)C3CCCCC3)CC2)nc2ccccc21. The van der Waals surface area contributed by atoms with Crippen LogP contribution in [0.2, 0.25) is 0 Å². The number of anilines is 1. The van der Waals surface area contributed by atoms with E-state index in [-0.39, 0.29) is 17.4 Å². The Kier molecular flexibility index (Phi) is 8.02. The summed E-state index contributed by atoms with van der Waals surface area (Å²) in [6.07, 6.45) is 9.23. The van der Waals surface area contributed by atoms with Crippen molar-refractivity contribution >= 4 is 22.8 Å². The van der Waals surface area contributed by atoms with Crippen molar-refractivity contribution in [3.63, 3.8) is 0 Å². The number of piperidine rings is 1. The maximum absolute atomic E-state index is 13.0. The first kappa shape index (κ1) is 23.7. The van der Waals surface area contributed by atoms with Gasteiger partial charge in [0, 0.05) is 38.1 Å². The largest absolute Gasteiger partial charge is 0.356 e. The Morgan fingerprint density at radius 3 is 2.58 bits per heavy atom. The first-order valence-electron chi connectivity index (χ1n) is 12.8. The number of carbonyl (C=O) groups excluding carboxylic acids is 1. The number of carbonyl (C=O) groups is 1. The van der Waals surface area contributed by atoms with Gasteiger partial charge in [-0.15, -0.1) is 0 Å². The summed E-state index contributed by atoms with van der Waals surface area (Å²) in [6.45, 7) is 5.76. The lowest BCUT2D eigenvalue weighted by Gasteiger charge is -2.32. The lowest BCUT2D eigenvalue weighted by atomic mass is 9.94. The lowest BCUT2D eigenvalue weighted by molar-refractivity contribution is -0.125. The molecular formula is C26H39N5O2. The summed E-state index contributed by atoms with van der Waals surface area (Å²) >= 11 is 0. The smallest absolute Gasteiger partial charge is 0.293 e. The fourth-order valence-corrected chi connectivity index (χ4v) is 5.44. The summed E-state index contributed by atoms with van der Waals surface area (Å²) < 4.78 is 1.79. The monoisotopic (exact) mass is 453 g/mol. The van der Waals surface area contributed by atoms with Crippen LogP contribution in [0.3, 0.4) is 0 Å². The molecule has 2 fully saturated rings. The molecular weight excluding hydrogens is 414 g/mol. The van der Waals surface area contributed by atoms with E-state index >= 15 is 0 Å². The fraction of sp³-hybridized carbons (Fsp3) is 0.654. The maximum atomic E-state index is 13.0. The molecule has 2 aromatic rings. The zero-order chi connectivity index (χ0) is 23.2. The van der Waals surface area contributed by atoms with E-state index in [9.17, 15) is 9.59 Å². The van der Waals surface area contributed by atoms with Crippen molar-refractivity contribution in [1.82, 2.24) is 19.8 Å². The van der Waals surface area contributed by atoms with Crippen molar-refractivity contribution in [2.45, 2.75) is 70.9 Å². The van der Waals surface area contributed by atoms with Crippen LogP contribution in [0.25, 0.3) is 11.0 Å². The predicted molar refractivity (Wildman–Crippen MR) is 134 cm³/mol. The molecule has 1 saturated carbocycles. The molecule has 0 spiro atoms. The van der Waals surface area contributed by atoms with Gasteiger partial charge in [-0.1, -0.05) is 31.4 Å². The minimum atomic E-state index is -0.0406. The molecule has 0 radical (unpaired) electrons. The average Bonchev–Trinajstić information content (AvgIpc) is 2.86. The molecule has 7 heteroatoms.